The van der Waals surface area contributed by atoms with Gasteiger partial charge in [0.2, 0.25) is 0 Å². The highest BCUT2D eigenvalue weighted by molar-refractivity contribution is 5.95. The molecule has 2 heteroatoms. The number of hydrogen-bond acceptors (Lipinski definition) is 2. The van der Waals surface area contributed by atoms with E-state index in [0.717, 1.165) is 27.8 Å². The molecule has 0 spiro atoms. The third-order valence-corrected chi connectivity index (χ3v) is 3.20. The minimum atomic E-state index is 0.845. The monoisotopic (exact) mass is 248 g/mol. The Bertz CT molecular complexity index is 729. The Morgan fingerprint density at radius 1 is 1.16 bits per heavy atom. The molecule has 0 saturated carbocycles. The first kappa shape index (κ1) is 11.7. The number of aromatic nitrogens is 1. The lowest BCUT2D eigenvalue weighted by molar-refractivity contribution is 0.416. The second-order valence-corrected chi connectivity index (χ2v) is 4.50. The maximum Gasteiger partial charge on any atom is 0.128 e. The molecular weight excluding hydrogens is 234 g/mol. The maximum absolute atomic E-state index is 5.48. The van der Waals surface area contributed by atoms with Crippen molar-refractivity contribution in [3.05, 3.63) is 60.3 Å². The van der Waals surface area contributed by atoms with Crippen LogP contribution in [0.2, 0.25) is 0 Å². The Morgan fingerprint density at radius 3 is 2.89 bits per heavy atom. The highest BCUT2D eigenvalue weighted by Crippen LogP contribution is 2.33. The zero-order valence-corrected chi connectivity index (χ0v) is 11.0. The molecule has 1 radical (unpaired) electrons. The molecule has 1 heterocycles. The van der Waals surface area contributed by atoms with Gasteiger partial charge < -0.3 is 4.74 Å². The van der Waals surface area contributed by atoms with E-state index in [4.69, 9.17) is 4.74 Å². The van der Waals surface area contributed by atoms with Crippen molar-refractivity contribution >= 4 is 10.8 Å². The van der Waals surface area contributed by atoms with Crippen molar-refractivity contribution in [3.8, 4) is 17.0 Å². The van der Waals surface area contributed by atoms with Gasteiger partial charge in [0.15, 0.2) is 0 Å². The zero-order valence-electron chi connectivity index (χ0n) is 11.0. The largest absolute Gasteiger partial charge is 0.496 e. The number of hydrogen-bond donors (Lipinski definition) is 0. The highest BCUT2D eigenvalue weighted by Gasteiger charge is 2.10. The fourth-order valence-electron chi connectivity index (χ4n) is 2.25. The van der Waals surface area contributed by atoms with Crippen LogP contribution in [0.25, 0.3) is 22.0 Å². The molecule has 93 valence electrons. The van der Waals surface area contributed by atoms with Gasteiger partial charge in [0, 0.05) is 17.1 Å². The van der Waals surface area contributed by atoms with Crippen molar-refractivity contribution in [2.45, 2.75) is 6.92 Å². The first-order valence-corrected chi connectivity index (χ1v) is 6.20. The summed E-state index contributed by atoms with van der Waals surface area (Å²) in [5.74, 6) is 0.845. The first-order chi connectivity index (χ1) is 9.29. The summed E-state index contributed by atoms with van der Waals surface area (Å²) >= 11 is 0. The summed E-state index contributed by atoms with van der Waals surface area (Å²) in [5, 5.41) is 2.15. The quantitative estimate of drug-likeness (QED) is 0.683. The van der Waals surface area contributed by atoms with Crippen molar-refractivity contribution in [1.82, 2.24) is 4.98 Å². The summed E-state index contributed by atoms with van der Waals surface area (Å²) in [5.41, 5.74) is 3.08. The molecule has 0 saturated heterocycles. The van der Waals surface area contributed by atoms with Gasteiger partial charge in [0.1, 0.15) is 5.75 Å². The van der Waals surface area contributed by atoms with Gasteiger partial charge in [-0.05, 0) is 42.1 Å². The van der Waals surface area contributed by atoms with Gasteiger partial charge in [-0.15, -0.1) is 0 Å². The second kappa shape index (κ2) is 4.73. The Labute approximate surface area is 112 Å². The maximum atomic E-state index is 5.48. The predicted octanol–water partition coefficient (Wildman–Crippen LogP) is 4.02. The van der Waals surface area contributed by atoms with Crippen molar-refractivity contribution in [2.75, 3.05) is 7.11 Å². The van der Waals surface area contributed by atoms with Crippen LogP contribution in [-0.4, -0.2) is 12.1 Å². The van der Waals surface area contributed by atoms with E-state index in [9.17, 15) is 0 Å². The lowest BCUT2D eigenvalue weighted by atomic mass is 10.0. The Hall–Kier alpha value is -2.35. The second-order valence-electron chi connectivity index (χ2n) is 4.50. The van der Waals surface area contributed by atoms with Crippen LogP contribution in [0, 0.1) is 13.0 Å². The number of aryl methyl sites for hydroxylation is 1. The topological polar surface area (TPSA) is 22.1 Å². The van der Waals surface area contributed by atoms with E-state index in [-0.39, 0.29) is 0 Å². The Kier molecular flexibility index (Phi) is 2.92. The number of fused-ring (bicyclic) bond motifs is 1. The van der Waals surface area contributed by atoms with E-state index in [0.29, 0.717) is 0 Å². The zero-order chi connectivity index (χ0) is 13.2. The lowest BCUT2D eigenvalue weighted by Gasteiger charge is -2.11. The van der Waals surface area contributed by atoms with Crippen LogP contribution in [0.1, 0.15) is 5.56 Å². The molecule has 0 fully saturated rings. The first-order valence-electron chi connectivity index (χ1n) is 6.20. The van der Waals surface area contributed by atoms with Gasteiger partial charge in [0.05, 0.1) is 12.8 Å². The van der Waals surface area contributed by atoms with Crippen LogP contribution in [0.4, 0.5) is 0 Å². The van der Waals surface area contributed by atoms with Gasteiger partial charge in [-0.25, -0.2) is 0 Å². The van der Waals surface area contributed by atoms with E-state index < -0.39 is 0 Å². The molecule has 0 N–H and O–H groups in total. The Balaban J connectivity index is 2.30. The smallest absolute Gasteiger partial charge is 0.128 e. The molecule has 2 nitrogen and oxygen atoms in total. The van der Waals surface area contributed by atoms with Gasteiger partial charge in [-0.2, -0.15) is 0 Å². The summed E-state index contributed by atoms with van der Waals surface area (Å²) in [6, 6.07) is 17.4. The number of rotatable bonds is 2. The summed E-state index contributed by atoms with van der Waals surface area (Å²) in [6.45, 7) is 2.05. The third kappa shape index (κ3) is 2.06. The van der Waals surface area contributed by atoms with Crippen LogP contribution in [0.5, 0.6) is 5.75 Å². The molecule has 0 aliphatic carbocycles. The number of nitrogens with zero attached hydrogens (tertiary/aromatic N) is 1. The molecule has 0 atom stereocenters. The summed E-state index contributed by atoms with van der Waals surface area (Å²) in [7, 11) is 1.69. The molecular formula is C17H14NO. The molecule has 2 aromatic carbocycles. The molecule has 0 amide bonds. The fraction of sp³-hybridized carbons (Fsp3) is 0.118. The van der Waals surface area contributed by atoms with Crippen molar-refractivity contribution in [2.24, 2.45) is 0 Å². The van der Waals surface area contributed by atoms with E-state index in [1.165, 1.54) is 5.56 Å². The van der Waals surface area contributed by atoms with Crippen LogP contribution < -0.4 is 4.74 Å². The average molecular weight is 248 g/mol. The average Bonchev–Trinajstić information content (AvgIpc) is 2.46. The van der Waals surface area contributed by atoms with Gasteiger partial charge >= 0.3 is 0 Å². The van der Waals surface area contributed by atoms with Crippen LogP contribution in [0.15, 0.2) is 48.7 Å². The molecule has 0 unspecified atom stereocenters. The number of pyridine rings is 1. The predicted molar refractivity (Wildman–Crippen MR) is 77.3 cm³/mol. The normalized spacial score (nSPS) is 10.6. The van der Waals surface area contributed by atoms with E-state index >= 15 is 0 Å². The number of ether oxygens (including phenoxy) is 1. The number of methoxy groups -OCH3 is 1. The summed E-state index contributed by atoms with van der Waals surface area (Å²) in [4.78, 5) is 4.50. The molecule has 0 bridgehead atoms. The minimum Gasteiger partial charge on any atom is -0.496 e. The third-order valence-electron chi connectivity index (χ3n) is 3.20. The van der Waals surface area contributed by atoms with E-state index in [2.05, 4.69) is 36.2 Å². The molecule has 0 aliphatic rings. The van der Waals surface area contributed by atoms with Crippen molar-refractivity contribution in [3.63, 3.8) is 0 Å². The van der Waals surface area contributed by atoms with Crippen LogP contribution >= 0.6 is 0 Å². The van der Waals surface area contributed by atoms with E-state index in [1.807, 2.05) is 30.5 Å². The molecule has 3 rings (SSSR count). The summed E-state index contributed by atoms with van der Waals surface area (Å²) < 4.78 is 5.48. The number of benzene rings is 2. The molecule has 0 aliphatic heterocycles. The van der Waals surface area contributed by atoms with Crippen LogP contribution in [-0.2, 0) is 0 Å². The molecule has 3 aromatic rings. The van der Waals surface area contributed by atoms with E-state index in [1.54, 1.807) is 7.11 Å². The van der Waals surface area contributed by atoms with Crippen molar-refractivity contribution in [1.29, 1.82) is 0 Å². The van der Waals surface area contributed by atoms with Gasteiger partial charge in [-0.3, -0.25) is 4.98 Å². The van der Waals surface area contributed by atoms with Crippen molar-refractivity contribution < 1.29 is 4.74 Å². The fourth-order valence-corrected chi connectivity index (χ4v) is 2.25. The SMILES string of the molecule is COc1cc(C)ccc1-c1nccc2ccc[c]c12. The highest BCUT2D eigenvalue weighted by atomic mass is 16.5. The van der Waals surface area contributed by atoms with Crippen LogP contribution in [0.3, 0.4) is 0 Å². The molecule has 1 aromatic heterocycles. The summed E-state index contributed by atoms with van der Waals surface area (Å²) in [6.07, 6.45) is 1.82. The Morgan fingerprint density at radius 2 is 2.05 bits per heavy atom. The standard InChI is InChI=1S/C17H14NO/c1-12-7-8-15(16(11-12)19-2)17-14-6-4-3-5-13(14)9-10-18-17/h3-5,7-11H,1-2H3. The molecule has 19 heavy (non-hydrogen) atoms. The van der Waals surface area contributed by atoms with Gasteiger partial charge in [-0.1, -0.05) is 24.3 Å². The minimum absolute atomic E-state index is 0.845. The van der Waals surface area contributed by atoms with Gasteiger partial charge in [0.25, 0.3) is 0 Å². The lowest BCUT2D eigenvalue weighted by Crippen LogP contribution is -1.92.